The smallest absolute Gasteiger partial charge is 0.191 e. The van der Waals surface area contributed by atoms with E-state index in [-0.39, 0.29) is 11.9 Å². The highest BCUT2D eigenvalue weighted by Crippen LogP contribution is 2.20. The van der Waals surface area contributed by atoms with Crippen LogP contribution in [0.25, 0.3) is 11.0 Å². The highest BCUT2D eigenvalue weighted by atomic mass is 19.1. The Morgan fingerprint density at radius 1 is 1.29 bits per heavy atom. The highest BCUT2D eigenvalue weighted by molar-refractivity contribution is 5.80. The molecule has 7 nitrogen and oxygen atoms in total. The van der Waals surface area contributed by atoms with Crippen LogP contribution in [-0.4, -0.2) is 46.7 Å². The second-order valence-electron chi connectivity index (χ2n) is 6.89. The SMILES string of the molecule is CN=C(NCc1nc2ccccc2n1C)NC1CCN(c2ncccc2F)C1. The predicted octanol–water partition coefficient (Wildman–Crippen LogP) is 2.05. The zero-order valence-electron chi connectivity index (χ0n) is 16.1. The maximum atomic E-state index is 14.0. The number of para-hydroxylation sites is 2. The van der Waals surface area contributed by atoms with Gasteiger partial charge in [-0.15, -0.1) is 0 Å². The van der Waals surface area contributed by atoms with E-state index in [2.05, 4.69) is 36.2 Å². The third kappa shape index (κ3) is 3.62. The van der Waals surface area contributed by atoms with Crippen molar-refractivity contribution in [2.75, 3.05) is 25.0 Å². The fourth-order valence-electron chi connectivity index (χ4n) is 3.58. The van der Waals surface area contributed by atoms with Crippen LogP contribution in [0.4, 0.5) is 10.2 Å². The Bertz CT molecular complexity index is 997. The number of pyridine rings is 1. The topological polar surface area (TPSA) is 70.4 Å². The van der Waals surface area contributed by atoms with Crippen LogP contribution in [0.15, 0.2) is 47.6 Å². The number of anilines is 1. The summed E-state index contributed by atoms with van der Waals surface area (Å²) >= 11 is 0. The molecule has 1 aliphatic heterocycles. The number of halogens is 1. The van der Waals surface area contributed by atoms with E-state index in [1.165, 1.54) is 6.07 Å². The lowest BCUT2D eigenvalue weighted by Gasteiger charge is -2.19. The molecule has 2 N–H and O–H groups in total. The van der Waals surface area contributed by atoms with Crippen molar-refractivity contribution in [2.45, 2.75) is 19.0 Å². The fraction of sp³-hybridized carbons (Fsp3) is 0.350. The molecule has 1 atom stereocenters. The van der Waals surface area contributed by atoms with E-state index >= 15 is 0 Å². The third-order valence-electron chi connectivity index (χ3n) is 5.09. The molecule has 0 radical (unpaired) electrons. The van der Waals surface area contributed by atoms with Gasteiger partial charge in [-0.3, -0.25) is 4.99 Å². The van der Waals surface area contributed by atoms with Gasteiger partial charge in [0.15, 0.2) is 17.6 Å². The Morgan fingerprint density at radius 2 is 2.14 bits per heavy atom. The lowest BCUT2D eigenvalue weighted by atomic mass is 10.3. The molecule has 146 valence electrons. The first-order valence-electron chi connectivity index (χ1n) is 9.38. The molecule has 1 unspecified atom stereocenters. The summed E-state index contributed by atoms with van der Waals surface area (Å²) in [6.45, 7) is 2.00. The van der Waals surface area contributed by atoms with E-state index in [4.69, 9.17) is 0 Å². The molecule has 8 heteroatoms. The average molecular weight is 381 g/mol. The van der Waals surface area contributed by atoms with E-state index < -0.39 is 0 Å². The molecule has 2 aromatic heterocycles. The molecular formula is C20H24FN7. The summed E-state index contributed by atoms with van der Waals surface area (Å²) in [4.78, 5) is 15.1. The van der Waals surface area contributed by atoms with Gasteiger partial charge in [0.25, 0.3) is 0 Å². The molecule has 0 amide bonds. The van der Waals surface area contributed by atoms with Crippen molar-refractivity contribution in [2.24, 2.45) is 12.0 Å². The monoisotopic (exact) mass is 381 g/mol. The number of rotatable bonds is 4. The highest BCUT2D eigenvalue weighted by Gasteiger charge is 2.26. The number of imidazole rings is 1. The average Bonchev–Trinajstić information content (AvgIpc) is 3.30. The Balaban J connectivity index is 1.36. The molecule has 0 spiro atoms. The summed E-state index contributed by atoms with van der Waals surface area (Å²) in [5.74, 6) is 1.77. The number of hydrogen-bond acceptors (Lipinski definition) is 4. The Labute approximate surface area is 163 Å². The van der Waals surface area contributed by atoms with Gasteiger partial charge in [-0.1, -0.05) is 12.1 Å². The van der Waals surface area contributed by atoms with Crippen molar-refractivity contribution in [1.82, 2.24) is 25.2 Å². The van der Waals surface area contributed by atoms with Gasteiger partial charge in [-0.2, -0.15) is 0 Å². The van der Waals surface area contributed by atoms with Crippen molar-refractivity contribution < 1.29 is 4.39 Å². The van der Waals surface area contributed by atoms with Crippen molar-refractivity contribution in [1.29, 1.82) is 0 Å². The first kappa shape index (κ1) is 18.2. The zero-order chi connectivity index (χ0) is 19.5. The molecule has 1 aliphatic rings. The van der Waals surface area contributed by atoms with Gasteiger partial charge < -0.3 is 20.1 Å². The Morgan fingerprint density at radius 3 is 2.93 bits per heavy atom. The minimum absolute atomic E-state index is 0.174. The Kier molecular flexibility index (Phi) is 5.10. The summed E-state index contributed by atoms with van der Waals surface area (Å²) < 4.78 is 16.0. The minimum Gasteiger partial charge on any atom is -0.352 e. The van der Waals surface area contributed by atoms with Crippen molar-refractivity contribution in [3.05, 3.63) is 54.2 Å². The molecule has 0 saturated carbocycles. The van der Waals surface area contributed by atoms with E-state index in [0.29, 0.717) is 24.9 Å². The molecule has 4 rings (SSSR count). The number of aromatic nitrogens is 3. The number of aliphatic imine (C=N–C) groups is 1. The first-order valence-corrected chi connectivity index (χ1v) is 9.38. The number of benzene rings is 1. The summed E-state index contributed by atoms with van der Waals surface area (Å²) in [6, 6.07) is 11.3. The zero-order valence-corrected chi connectivity index (χ0v) is 16.1. The summed E-state index contributed by atoms with van der Waals surface area (Å²) in [7, 11) is 3.76. The van der Waals surface area contributed by atoms with Gasteiger partial charge in [-0.25, -0.2) is 14.4 Å². The second-order valence-corrected chi connectivity index (χ2v) is 6.89. The van der Waals surface area contributed by atoms with Crippen molar-refractivity contribution in [3.63, 3.8) is 0 Å². The van der Waals surface area contributed by atoms with E-state index in [1.807, 2.05) is 30.1 Å². The molecule has 3 aromatic rings. The number of fused-ring (bicyclic) bond motifs is 1. The summed E-state index contributed by atoms with van der Waals surface area (Å²) in [5, 5.41) is 6.75. The van der Waals surface area contributed by atoms with Crippen molar-refractivity contribution >= 4 is 22.8 Å². The first-order chi connectivity index (χ1) is 13.7. The number of nitrogens with one attached hydrogen (secondary N) is 2. The molecule has 1 fully saturated rings. The van der Waals surface area contributed by atoms with Gasteiger partial charge in [0.05, 0.1) is 17.6 Å². The lowest BCUT2D eigenvalue weighted by Crippen LogP contribution is -2.44. The maximum absolute atomic E-state index is 14.0. The third-order valence-corrected chi connectivity index (χ3v) is 5.09. The Hall–Kier alpha value is -3.16. The van der Waals surface area contributed by atoms with E-state index in [0.717, 1.165) is 29.8 Å². The van der Waals surface area contributed by atoms with E-state index in [1.54, 1.807) is 19.3 Å². The van der Waals surface area contributed by atoms with Crippen LogP contribution in [0.3, 0.4) is 0 Å². The van der Waals surface area contributed by atoms with Crippen LogP contribution in [-0.2, 0) is 13.6 Å². The summed E-state index contributed by atoms with van der Waals surface area (Å²) in [6.07, 6.45) is 2.51. The largest absolute Gasteiger partial charge is 0.352 e. The maximum Gasteiger partial charge on any atom is 0.191 e. The predicted molar refractivity (Wildman–Crippen MR) is 109 cm³/mol. The van der Waals surface area contributed by atoms with Gasteiger partial charge in [0.2, 0.25) is 0 Å². The number of nitrogens with zero attached hydrogens (tertiary/aromatic N) is 5. The van der Waals surface area contributed by atoms with Crippen LogP contribution in [0.1, 0.15) is 12.2 Å². The second kappa shape index (κ2) is 7.84. The van der Waals surface area contributed by atoms with Crippen LogP contribution >= 0.6 is 0 Å². The lowest BCUT2D eigenvalue weighted by molar-refractivity contribution is 0.612. The quantitative estimate of drug-likeness (QED) is 0.535. The van der Waals surface area contributed by atoms with Gasteiger partial charge >= 0.3 is 0 Å². The molecule has 1 saturated heterocycles. The number of guanidine groups is 1. The van der Waals surface area contributed by atoms with Gasteiger partial charge in [-0.05, 0) is 30.7 Å². The van der Waals surface area contributed by atoms with Crippen LogP contribution in [0.2, 0.25) is 0 Å². The standard InChI is InChI=1S/C20H24FN7/c1-22-20(24-12-18-26-16-7-3-4-8-17(16)27(18)2)25-14-9-11-28(13-14)19-15(21)6-5-10-23-19/h3-8,10,14H,9,11-13H2,1-2H3,(H2,22,24,25). The minimum atomic E-state index is -0.285. The number of hydrogen-bond donors (Lipinski definition) is 2. The normalized spacial score (nSPS) is 17.3. The molecule has 0 aliphatic carbocycles. The van der Waals surface area contributed by atoms with E-state index in [9.17, 15) is 4.39 Å². The molecule has 0 bridgehead atoms. The van der Waals surface area contributed by atoms with Crippen LogP contribution in [0.5, 0.6) is 0 Å². The molecule has 1 aromatic carbocycles. The summed E-state index contributed by atoms with van der Waals surface area (Å²) in [5.41, 5.74) is 2.08. The van der Waals surface area contributed by atoms with Crippen LogP contribution in [0, 0.1) is 5.82 Å². The van der Waals surface area contributed by atoms with Crippen LogP contribution < -0.4 is 15.5 Å². The fourth-order valence-corrected chi connectivity index (χ4v) is 3.58. The molecule has 28 heavy (non-hydrogen) atoms. The van der Waals surface area contributed by atoms with Gasteiger partial charge in [0.1, 0.15) is 5.82 Å². The number of aryl methyl sites for hydroxylation is 1. The van der Waals surface area contributed by atoms with Crippen molar-refractivity contribution in [3.8, 4) is 0 Å². The molecular weight excluding hydrogens is 357 g/mol. The molecule has 3 heterocycles. The van der Waals surface area contributed by atoms with Gasteiger partial charge in [0, 0.05) is 39.4 Å².